The van der Waals surface area contributed by atoms with E-state index in [-0.39, 0.29) is 0 Å². The Bertz CT molecular complexity index is 7230. The van der Waals surface area contributed by atoms with Gasteiger partial charge in [0.2, 0.25) is 5.69 Å². The molecule has 0 aliphatic rings. The van der Waals surface area contributed by atoms with E-state index in [9.17, 15) is 6.57 Å². The fourth-order valence-corrected chi connectivity index (χ4v) is 16.0. The third-order valence-corrected chi connectivity index (χ3v) is 22.0. The van der Waals surface area contributed by atoms with Crippen LogP contribution in [0.15, 0.2) is 388 Å². The minimum absolute atomic E-state index is 0.309. The number of benzene rings is 15. The maximum Gasteiger partial charge on any atom is 0.212 e. The third-order valence-electron chi connectivity index (χ3n) is 22.0. The van der Waals surface area contributed by atoms with Gasteiger partial charge < -0.3 is 9.13 Å². The van der Waals surface area contributed by atoms with Gasteiger partial charge in [0.05, 0.1) is 34.3 Å². The molecule has 0 aliphatic heterocycles. The zero-order valence-corrected chi connectivity index (χ0v) is 66.0. The van der Waals surface area contributed by atoms with Crippen LogP contribution in [0.5, 0.6) is 0 Å². The number of fused-ring (bicyclic) bond motifs is 6. The van der Waals surface area contributed by atoms with E-state index in [2.05, 4.69) is 80.7 Å². The van der Waals surface area contributed by atoms with Gasteiger partial charge in [-0.1, -0.05) is 303 Å². The lowest BCUT2D eigenvalue weighted by Crippen LogP contribution is -2.05. The van der Waals surface area contributed by atoms with Crippen molar-refractivity contribution in [2.45, 2.75) is 0 Å². The molecule has 0 unspecified atom stereocenters. The molecule has 22 aromatic rings. The summed E-state index contributed by atoms with van der Waals surface area (Å²) in [6, 6.07) is 129. The van der Waals surface area contributed by atoms with E-state index in [0.29, 0.717) is 110 Å². The van der Waals surface area contributed by atoms with Crippen molar-refractivity contribution in [1.29, 1.82) is 0 Å². The average Bonchev–Trinajstić information content (AvgIpc) is 1.57. The molecule has 124 heavy (non-hydrogen) atoms. The molecule has 0 radical (unpaired) electrons. The maximum atomic E-state index is 9.72. The lowest BCUT2D eigenvalue weighted by molar-refractivity contribution is 1.06. The molecule has 0 N–H and O–H groups in total. The molecule has 7 heterocycles. The zero-order valence-electron chi connectivity index (χ0n) is 66.0. The van der Waals surface area contributed by atoms with Crippen molar-refractivity contribution in [3.05, 3.63) is 400 Å². The van der Waals surface area contributed by atoms with Crippen molar-refractivity contribution in [2.75, 3.05) is 0 Å². The molecule has 7 aromatic heterocycles. The normalized spacial score (nSPS) is 11.4. The fraction of sp³-hybridized carbons (Fsp3) is 0. The monoisotopic (exact) mass is 1590 g/mol. The number of hydrogen-bond acceptors (Lipinski definition) is 15. The number of aromatic nitrogens is 17. The van der Waals surface area contributed by atoms with Crippen LogP contribution < -0.4 is 0 Å². The highest BCUT2D eigenvalue weighted by molar-refractivity contribution is 6.14. The molecule has 22 rings (SSSR count). The van der Waals surface area contributed by atoms with Crippen molar-refractivity contribution in [2.24, 2.45) is 0 Å². The summed E-state index contributed by atoms with van der Waals surface area (Å²) >= 11 is 0. The van der Waals surface area contributed by atoms with Crippen LogP contribution in [-0.4, -0.2) is 83.9 Å². The minimum Gasteiger partial charge on any atom is -0.319 e. The van der Waals surface area contributed by atoms with Gasteiger partial charge in [0.15, 0.2) is 87.4 Å². The van der Waals surface area contributed by atoms with Crippen molar-refractivity contribution in [1.82, 2.24) is 83.9 Å². The van der Waals surface area contributed by atoms with Gasteiger partial charge in [-0.15, -0.1) is 0 Å². The summed E-state index contributed by atoms with van der Waals surface area (Å²) in [5.74, 6) is 7.23. The summed E-state index contributed by atoms with van der Waals surface area (Å²) < 4.78 is 4.38. The van der Waals surface area contributed by atoms with Gasteiger partial charge in [0.1, 0.15) is 0 Å². The van der Waals surface area contributed by atoms with Gasteiger partial charge in [-0.2, -0.15) is 0 Å². The topological polar surface area (TPSA) is 208 Å². The quantitative estimate of drug-likeness (QED) is 0.0777. The molecule has 578 valence electrons. The van der Waals surface area contributed by atoms with E-state index in [1.807, 2.05) is 322 Å². The Morgan fingerprint density at radius 3 is 0.516 bits per heavy atom. The molecule has 0 saturated heterocycles. The largest absolute Gasteiger partial charge is 0.319 e. The molecule has 18 nitrogen and oxygen atoms in total. The van der Waals surface area contributed by atoms with E-state index >= 15 is 0 Å². The highest BCUT2D eigenvalue weighted by atomic mass is 15.1. The lowest BCUT2D eigenvalue weighted by atomic mass is 10.1. The van der Waals surface area contributed by atoms with E-state index in [0.717, 1.165) is 122 Å². The first kappa shape index (κ1) is 72.9. The molecule has 0 spiro atoms. The molecule has 0 aliphatic carbocycles. The van der Waals surface area contributed by atoms with Crippen LogP contribution in [0, 0.1) is 6.57 Å². The Hall–Kier alpha value is -17.6. The molecular formula is C106H64N18. The molecule has 0 bridgehead atoms. The van der Waals surface area contributed by atoms with Crippen LogP contribution in [0.2, 0.25) is 0 Å². The second-order valence-corrected chi connectivity index (χ2v) is 29.8. The molecule has 15 aromatic carbocycles. The van der Waals surface area contributed by atoms with Crippen LogP contribution >= 0.6 is 0 Å². The summed E-state index contributed by atoms with van der Waals surface area (Å²) in [6.07, 6.45) is 0. The lowest BCUT2D eigenvalue weighted by Gasteiger charge is -2.19. The first-order valence-electron chi connectivity index (χ1n) is 40.5. The highest BCUT2D eigenvalue weighted by Crippen LogP contribution is 2.47. The molecule has 0 saturated carbocycles. The van der Waals surface area contributed by atoms with E-state index in [4.69, 9.17) is 74.8 Å². The van der Waals surface area contributed by atoms with E-state index in [1.54, 1.807) is 0 Å². The first-order valence-corrected chi connectivity index (χ1v) is 40.5. The van der Waals surface area contributed by atoms with Crippen molar-refractivity contribution < 1.29 is 0 Å². The van der Waals surface area contributed by atoms with Crippen LogP contribution in [0.25, 0.3) is 231 Å². The van der Waals surface area contributed by atoms with Crippen LogP contribution in [0.3, 0.4) is 0 Å². The summed E-state index contributed by atoms with van der Waals surface area (Å²) in [7, 11) is 0. The van der Waals surface area contributed by atoms with Gasteiger partial charge >= 0.3 is 0 Å². The maximum absolute atomic E-state index is 9.72. The molecule has 0 atom stereocenters. The molecular weight excluding hydrogens is 1530 g/mol. The van der Waals surface area contributed by atoms with Crippen molar-refractivity contribution >= 4 is 49.3 Å². The number of rotatable bonds is 17. The predicted octanol–water partition coefficient (Wildman–Crippen LogP) is 24.4. The standard InChI is InChI=1S/C106H64N18/c1-107-85-65-90(123-86-56-52-76(102-113-92(66-32-12-2-13-33-66)108-93(114-102)67-34-14-3-15-35-67)60-80(86)81-61-77(53-57-87(81)123)103-115-94(68-36-16-4-17-37-68)109-95(116-103)69-38-18-5-19-39-69)84(106-121-100(74-48-28-10-29-49-74)112-101(122-106)75-50-30-11-31-51-75)64-91(85)124-88-58-54-78(104-117-96(70-40-20-6-21-41-70)110-97(118-104)71-42-22-7-23-43-71)62-82(88)83-63-79(55-59-89(83)124)105-119-98(72-44-24-8-25-45-72)111-99(120-105)73-46-26-9-27-47-73/h2-65H. The first-order chi connectivity index (χ1) is 61.4. The smallest absolute Gasteiger partial charge is 0.212 e. The van der Waals surface area contributed by atoms with Gasteiger partial charge in [0, 0.05) is 111 Å². The molecule has 18 heteroatoms. The Labute approximate surface area is 710 Å². The average molecular weight is 1590 g/mol. The Morgan fingerprint density at radius 2 is 0.331 bits per heavy atom. The predicted molar refractivity (Wildman–Crippen MR) is 490 cm³/mol. The van der Waals surface area contributed by atoms with Gasteiger partial charge in [0.25, 0.3) is 0 Å². The van der Waals surface area contributed by atoms with Crippen LogP contribution in [0.4, 0.5) is 5.69 Å². The summed E-state index contributed by atoms with van der Waals surface area (Å²) in [5.41, 5.74) is 16.3. The summed E-state index contributed by atoms with van der Waals surface area (Å²) in [4.78, 5) is 83.6. The SMILES string of the molecule is [C-]#[N+]c1cc(-n2c3ccc(-c4nc(-c5ccccc5)nc(-c5ccccc5)n4)cc3c3cc(-c4nc(-c5ccccc5)nc(-c5ccccc5)n4)ccc32)c(-c2nc(-c3ccccc3)nc(-c3ccccc3)n2)cc1-n1c2ccc(-c3nc(-c4ccccc4)nc(-c4ccccc4)n3)cc2c2cc(-c3nc(-c4ccccc4)nc(-c4ccccc4)n3)ccc21. The minimum atomic E-state index is 0.309. The highest BCUT2D eigenvalue weighted by Gasteiger charge is 2.28. The Morgan fingerprint density at radius 1 is 0.161 bits per heavy atom. The van der Waals surface area contributed by atoms with Crippen molar-refractivity contribution in [3.63, 3.8) is 0 Å². The van der Waals surface area contributed by atoms with Crippen LogP contribution in [0.1, 0.15) is 0 Å². The van der Waals surface area contributed by atoms with E-state index in [1.165, 1.54) is 0 Å². The third kappa shape index (κ3) is 13.8. The second kappa shape index (κ2) is 31.4. The number of hydrogen-bond donors (Lipinski definition) is 0. The second-order valence-electron chi connectivity index (χ2n) is 29.8. The van der Waals surface area contributed by atoms with E-state index < -0.39 is 0 Å². The zero-order chi connectivity index (χ0) is 82.4. The summed E-state index contributed by atoms with van der Waals surface area (Å²) in [6.45, 7) is 9.72. The summed E-state index contributed by atoms with van der Waals surface area (Å²) in [5, 5.41) is 3.29. The van der Waals surface area contributed by atoms with Gasteiger partial charge in [-0.25, -0.2) is 79.6 Å². The Kier molecular flexibility index (Phi) is 18.4. The van der Waals surface area contributed by atoms with Gasteiger partial charge in [-0.05, 0) is 84.9 Å². The van der Waals surface area contributed by atoms with Crippen molar-refractivity contribution in [3.8, 4) is 182 Å². The van der Waals surface area contributed by atoms with Crippen LogP contribution in [-0.2, 0) is 0 Å². The molecule has 0 fully saturated rings. The molecule has 0 amide bonds. The van der Waals surface area contributed by atoms with Gasteiger partial charge in [-0.3, -0.25) is 0 Å². The fourth-order valence-electron chi connectivity index (χ4n) is 16.0. The number of nitrogens with zero attached hydrogens (tertiary/aromatic N) is 18. The Balaban J connectivity index is 0.823.